The fourth-order valence-corrected chi connectivity index (χ4v) is 3.27. The van der Waals surface area contributed by atoms with Gasteiger partial charge in [-0.25, -0.2) is 4.98 Å². The van der Waals surface area contributed by atoms with Gasteiger partial charge in [0.15, 0.2) is 5.96 Å². The van der Waals surface area contributed by atoms with Gasteiger partial charge in [-0.05, 0) is 19.4 Å². The average Bonchev–Trinajstić information content (AvgIpc) is 3.09. The lowest BCUT2D eigenvalue weighted by Gasteiger charge is -2.24. The zero-order chi connectivity index (χ0) is 19.7. The van der Waals surface area contributed by atoms with E-state index in [1.165, 1.54) is 16.9 Å². The molecular formula is C20H29N5OS. The summed E-state index contributed by atoms with van der Waals surface area (Å²) in [5.74, 6) is 0.675. The molecule has 1 heterocycles. The van der Waals surface area contributed by atoms with E-state index in [0.29, 0.717) is 24.5 Å². The summed E-state index contributed by atoms with van der Waals surface area (Å²) < 4.78 is 0. The smallest absolute Gasteiger partial charge is 0.263 e. The van der Waals surface area contributed by atoms with Crippen molar-refractivity contribution in [2.45, 2.75) is 33.1 Å². The highest BCUT2D eigenvalue weighted by Crippen LogP contribution is 2.22. The number of rotatable bonds is 8. The quantitative estimate of drug-likeness (QED) is 0.370. The summed E-state index contributed by atoms with van der Waals surface area (Å²) in [6, 6.07) is 10.4. The maximum atomic E-state index is 12.1. The number of carbonyl (C=O) groups excluding carboxylic acids is 1. The van der Waals surface area contributed by atoms with Crippen molar-refractivity contribution in [3.63, 3.8) is 0 Å². The molecule has 1 aromatic carbocycles. The van der Waals surface area contributed by atoms with Crippen molar-refractivity contribution < 1.29 is 4.79 Å². The van der Waals surface area contributed by atoms with Crippen LogP contribution in [0.15, 0.2) is 40.8 Å². The summed E-state index contributed by atoms with van der Waals surface area (Å²) in [6.45, 7) is 10.8. The number of nitrogens with zero attached hydrogens (tertiary/aromatic N) is 2. The Kier molecular flexibility index (Phi) is 7.79. The summed E-state index contributed by atoms with van der Waals surface area (Å²) in [4.78, 5) is 21.6. The third kappa shape index (κ3) is 6.36. The number of guanidine groups is 1. The van der Waals surface area contributed by atoms with Gasteiger partial charge in [0.1, 0.15) is 4.88 Å². The first-order valence-electron chi connectivity index (χ1n) is 9.20. The van der Waals surface area contributed by atoms with Crippen LogP contribution in [0.1, 0.15) is 41.7 Å². The summed E-state index contributed by atoms with van der Waals surface area (Å²) in [5, 5.41) is 9.43. The molecule has 6 nitrogen and oxygen atoms in total. The maximum Gasteiger partial charge on any atom is 0.263 e. The third-order valence-corrected chi connectivity index (χ3v) is 5.11. The number of hydrogen-bond acceptors (Lipinski definition) is 4. The van der Waals surface area contributed by atoms with E-state index >= 15 is 0 Å². The number of hydrogen-bond donors (Lipinski definition) is 3. The Bertz CT molecular complexity index is 755. The molecule has 0 spiro atoms. The van der Waals surface area contributed by atoms with E-state index in [0.717, 1.165) is 18.2 Å². The van der Waals surface area contributed by atoms with Crippen molar-refractivity contribution >= 4 is 23.2 Å². The van der Waals surface area contributed by atoms with Crippen LogP contribution in [-0.4, -0.2) is 43.0 Å². The summed E-state index contributed by atoms with van der Waals surface area (Å²) >= 11 is 1.36. The highest BCUT2D eigenvalue weighted by molar-refractivity contribution is 7.11. The van der Waals surface area contributed by atoms with Crippen molar-refractivity contribution in [3.05, 3.63) is 52.0 Å². The fourth-order valence-electron chi connectivity index (χ4n) is 2.56. The molecular weight excluding hydrogens is 358 g/mol. The number of amides is 1. The van der Waals surface area contributed by atoms with E-state index in [9.17, 15) is 4.79 Å². The Morgan fingerprint density at radius 1 is 1.15 bits per heavy atom. The molecule has 0 fully saturated rings. The summed E-state index contributed by atoms with van der Waals surface area (Å²) in [5.41, 5.74) is 3.66. The Hall–Kier alpha value is -2.41. The Morgan fingerprint density at radius 2 is 1.85 bits per heavy atom. The van der Waals surface area contributed by atoms with E-state index in [2.05, 4.69) is 59.0 Å². The van der Waals surface area contributed by atoms with Crippen molar-refractivity contribution in [2.24, 2.45) is 4.99 Å². The molecule has 146 valence electrons. The van der Waals surface area contributed by atoms with E-state index in [-0.39, 0.29) is 11.3 Å². The first-order valence-corrected chi connectivity index (χ1v) is 10.1. The van der Waals surface area contributed by atoms with Gasteiger partial charge in [0.2, 0.25) is 0 Å². The number of aromatic nitrogens is 1. The predicted octanol–water partition coefficient (Wildman–Crippen LogP) is 2.71. The van der Waals surface area contributed by atoms with Gasteiger partial charge in [0.25, 0.3) is 5.91 Å². The Balaban J connectivity index is 1.85. The predicted molar refractivity (Wildman–Crippen MR) is 113 cm³/mol. The minimum atomic E-state index is -0.0797. The van der Waals surface area contributed by atoms with E-state index in [4.69, 9.17) is 4.99 Å². The first kappa shape index (κ1) is 20.9. The van der Waals surface area contributed by atoms with Gasteiger partial charge in [-0.1, -0.05) is 44.2 Å². The zero-order valence-corrected chi connectivity index (χ0v) is 17.3. The monoisotopic (exact) mass is 387 g/mol. The fraction of sp³-hybridized carbons (Fsp3) is 0.450. The molecule has 1 amide bonds. The van der Waals surface area contributed by atoms with E-state index in [1.807, 2.05) is 19.9 Å². The highest BCUT2D eigenvalue weighted by Gasteiger charge is 2.20. The standard InChI is InChI=1S/C20H29N5OS/c1-5-21-19(24-13-20(3,4)16-9-7-6-8-10-16)23-12-11-22-18(26)17-15(2)25-14-27-17/h6-10,14H,5,11-13H2,1-4H3,(H,22,26)(H2,21,23,24). The molecule has 0 aliphatic heterocycles. The number of aliphatic imine (C=N–C) groups is 1. The van der Waals surface area contributed by atoms with Crippen molar-refractivity contribution in [3.8, 4) is 0 Å². The van der Waals surface area contributed by atoms with E-state index < -0.39 is 0 Å². The molecule has 0 radical (unpaired) electrons. The minimum absolute atomic E-state index is 0.0540. The number of carbonyl (C=O) groups is 1. The molecule has 0 saturated heterocycles. The second-order valence-electron chi connectivity index (χ2n) is 6.89. The molecule has 2 rings (SSSR count). The molecule has 0 aliphatic carbocycles. The molecule has 0 aliphatic rings. The van der Waals surface area contributed by atoms with Gasteiger partial charge in [0.05, 0.1) is 17.7 Å². The van der Waals surface area contributed by atoms with Gasteiger partial charge in [-0.15, -0.1) is 11.3 Å². The van der Waals surface area contributed by atoms with Gasteiger partial charge in [-0.2, -0.15) is 0 Å². The van der Waals surface area contributed by atoms with Crippen LogP contribution in [0.2, 0.25) is 0 Å². The summed E-state index contributed by atoms with van der Waals surface area (Å²) in [7, 11) is 0. The third-order valence-electron chi connectivity index (χ3n) is 4.19. The lowest BCUT2D eigenvalue weighted by molar-refractivity contribution is 0.0957. The van der Waals surface area contributed by atoms with Gasteiger partial charge < -0.3 is 16.0 Å². The van der Waals surface area contributed by atoms with Crippen LogP contribution < -0.4 is 16.0 Å². The minimum Gasteiger partial charge on any atom is -0.357 e. The molecule has 7 heteroatoms. The van der Waals surface area contributed by atoms with Gasteiger partial charge >= 0.3 is 0 Å². The van der Waals surface area contributed by atoms with Crippen LogP contribution >= 0.6 is 11.3 Å². The molecule has 0 saturated carbocycles. The zero-order valence-electron chi connectivity index (χ0n) is 16.5. The van der Waals surface area contributed by atoms with Crippen LogP contribution in [-0.2, 0) is 5.41 Å². The normalized spacial score (nSPS) is 11.9. The highest BCUT2D eigenvalue weighted by atomic mass is 32.1. The second-order valence-corrected chi connectivity index (χ2v) is 7.75. The van der Waals surface area contributed by atoms with Crippen molar-refractivity contribution in [2.75, 3.05) is 26.2 Å². The molecule has 0 atom stereocenters. The number of nitrogens with one attached hydrogen (secondary N) is 3. The molecule has 3 N–H and O–H groups in total. The number of aryl methyl sites for hydroxylation is 1. The summed E-state index contributed by atoms with van der Waals surface area (Å²) in [6.07, 6.45) is 0. The van der Waals surface area contributed by atoms with Crippen LogP contribution in [0.3, 0.4) is 0 Å². The van der Waals surface area contributed by atoms with Crippen LogP contribution in [0, 0.1) is 6.92 Å². The number of thiazole rings is 1. The van der Waals surface area contributed by atoms with Gasteiger partial charge in [-0.3, -0.25) is 9.79 Å². The molecule has 2 aromatic rings. The van der Waals surface area contributed by atoms with Crippen LogP contribution in [0.5, 0.6) is 0 Å². The second kappa shape index (κ2) is 10.1. The number of benzene rings is 1. The Labute approximate surface area is 165 Å². The first-order chi connectivity index (χ1) is 12.9. The lowest BCUT2D eigenvalue weighted by atomic mass is 9.85. The SMILES string of the molecule is CCNC(=NCC(C)(C)c1ccccc1)NCCNC(=O)c1scnc1C. The van der Waals surface area contributed by atoms with Crippen molar-refractivity contribution in [1.82, 2.24) is 20.9 Å². The topological polar surface area (TPSA) is 78.4 Å². The average molecular weight is 388 g/mol. The van der Waals surface area contributed by atoms with Crippen LogP contribution in [0.25, 0.3) is 0 Å². The lowest BCUT2D eigenvalue weighted by Crippen LogP contribution is -2.42. The van der Waals surface area contributed by atoms with Crippen LogP contribution in [0.4, 0.5) is 0 Å². The van der Waals surface area contributed by atoms with Gasteiger partial charge in [0, 0.05) is 25.0 Å². The maximum absolute atomic E-state index is 12.1. The van der Waals surface area contributed by atoms with E-state index in [1.54, 1.807) is 5.51 Å². The Morgan fingerprint density at radius 3 is 2.48 bits per heavy atom. The molecule has 0 unspecified atom stereocenters. The van der Waals surface area contributed by atoms with Crippen molar-refractivity contribution in [1.29, 1.82) is 0 Å². The largest absolute Gasteiger partial charge is 0.357 e. The molecule has 1 aromatic heterocycles. The molecule has 27 heavy (non-hydrogen) atoms. The molecule has 0 bridgehead atoms.